The fourth-order valence-corrected chi connectivity index (χ4v) is 2.11. The van der Waals surface area contributed by atoms with Gasteiger partial charge in [0.25, 0.3) is 0 Å². The lowest BCUT2D eigenvalue weighted by Crippen LogP contribution is -2.49. The Bertz CT molecular complexity index is 320. The van der Waals surface area contributed by atoms with E-state index in [2.05, 4.69) is 5.32 Å². The molecule has 110 valence electrons. The van der Waals surface area contributed by atoms with Crippen molar-refractivity contribution in [3.05, 3.63) is 0 Å². The first-order valence-corrected chi connectivity index (χ1v) is 6.80. The summed E-state index contributed by atoms with van der Waals surface area (Å²) < 4.78 is 5.46. The Morgan fingerprint density at radius 1 is 1.47 bits per heavy atom. The van der Waals surface area contributed by atoms with Gasteiger partial charge in [0.1, 0.15) is 6.04 Å². The van der Waals surface area contributed by atoms with Crippen LogP contribution < -0.4 is 5.32 Å². The summed E-state index contributed by atoms with van der Waals surface area (Å²) >= 11 is 0. The molecule has 2 N–H and O–H groups in total. The fourth-order valence-electron chi connectivity index (χ4n) is 2.11. The number of urea groups is 1. The number of carbonyl (C=O) groups is 2. The van der Waals surface area contributed by atoms with Gasteiger partial charge < -0.3 is 20.1 Å². The standard InChI is InChI=1S/C13H24N2O4/c1-9(2)7-11(12(16)17)14-13(18)15-5-4-6-19-10(3)8-15/h9-11H,4-8H2,1-3H3,(H,14,18)(H,16,17)/t10?,11-/m1/s1. The zero-order valence-corrected chi connectivity index (χ0v) is 11.9. The van der Waals surface area contributed by atoms with Crippen LogP contribution in [0.1, 0.15) is 33.6 Å². The second kappa shape index (κ2) is 7.33. The van der Waals surface area contributed by atoms with Crippen molar-refractivity contribution in [3.8, 4) is 0 Å². The molecule has 0 bridgehead atoms. The predicted molar refractivity (Wildman–Crippen MR) is 71.0 cm³/mol. The van der Waals surface area contributed by atoms with Gasteiger partial charge in [-0.2, -0.15) is 0 Å². The molecular formula is C13H24N2O4. The quantitative estimate of drug-likeness (QED) is 0.808. The molecule has 0 aromatic carbocycles. The van der Waals surface area contributed by atoms with Crippen molar-refractivity contribution in [2.45, 2.75) is 45.8 Å². The minimum absolute atomic E-state index is 0.0124. The van der Waals surface area contributed by atoms with Gasteiger partial charge in [0.15, 0.2) is 0 Å². The summed E-state index contributed by atoms with van der Waals surface area (Å²) in [4.78, 5) is 24.8. The van der Waals surface area contributed by atoms with Gasteiger partial charge >= 0.3 is 12.0 Å². The number of hydrogen-bond donors (Lipinski definition) is 2. The first-order valence-electron chi connectivity index (χ1n) is 6.80. The molecular weight excluding hydrogens is 248 g/mol. The van der Waals surface area contributed by atoms with Crippen LogP contribution >= 0.6 is 0 Å². The topological polar surface area (TPSA) is 78.9 Å². The Balaban J connectivity index is 2.57. The van der Waals surface area contributed by atoms with Crippen molar-refractivity contribution in [2.75, 3.05) is 19.7 Å². The number of carbonyl (C=O) groups excluding carboxylic acids is 1. The molecule has 1 unspecified atom stereocenters. The van der Waals surface area contributed by atoms with Crippen LogP contribution in [0, 0.1) is 5.92 Å². The normalized spacial score (nSPS) is 21.9. The molecule has 1 fully saturated rings. The van der Waals surface area contributed by atoms with E-state index in [-0.39, 0.29) is 18.1 Å². The molecule has 6 heteroatoms. The lowest BCUT2D eigenvalue weighted by molar-refractivity contribution is -0.139. The summed E-state index contributed by atoms with van der Waals surface area (Å²) in [5.74, 6) is -0.769. The average molecular weight is 272 g/mol. The van der Waals surface area contributed by atoms with Crippen LogP contribution in [-0.2, 0) is 9.53 Å². The molecule has 0 spiro atoms. The third-order valence-electron chi connectivity index (χ3n) is 3.04. The van der Waals surface area contributed by atoms with E-state index in [0.717, 1.165) is 6.42 Å². The van der Waals surface area contributed by atoms with E-state index in [1.807, 2.05) is 20.8 Å². The monoisotopic (exact) mass is 272 g/mol. The summed E-state index contributed by atoms with van der Waals surface area (Å²) in [5, 5.41) is 11.7. The molecule has 1 saturated heterocycles. The van der Waals surface area contributed by atoms with E-state index >= 15 is 0 Å². The zero-order valence-electron chi connectivity index (χ0n) is 11.9. The molecule has 0 saturated carbocycles. The number of ether oxygens (including phenoxy) is 1. The van der Waals surface area contributed by atoms with Crippen LogP contribution in [0.25, 0.3) is 0 Å². The first kappa shape index (κ1) is 15.8. The molecule has 1 aliphatic rings. The lowest BCUT2D eigenvalue weighted by atomic mass is 10.0. The summed E-state index contributed by atoms with van der Waals surface area (Å²) in [5.41, 5.74) is 0. The highest BCUT2D eigenvalue weighted by Crippen LogP contribution is 2.08. The Morgan fingerprint density at radius 2 is 2.16 bits per heavy atom. The maximum absolute atomic E-state index is 12.1. The van der Waals surface area contributed by atoms with Crippen molar-refractivity contribution < 1.29 is 19.4 Å². The van der Waals surface area contributed by atoms with Crippen molar-refractivity contribution in [2.24, 2.45) is 5.92 Å². The molecule has 2 amide bonds. The van der Waals surface area contributed by atoms with Crippen molar-refractivity contribution in [1.82, 2.24) is 10.2 Å². The Hall–Kier alpha value is -1.30. The molecule has 0 aromatic rings. The van der Waals surface area contributed by atoms with Crippen LogP contribution in [0.4, 0.5) is 4.79 Å². The minimum atomic E-state index is -0.985. The molecule has 1 heterocycles. The number of aliphatic carboxylic acids is 1. The largest absolute Gasteiger partial charge is 0.480 e. The van der Waals surface area contributed by atoms with E-state index in [1.54, 1.807) is 4.90 Å². The molecule has 19 heavy (non-hydrogen) atoms. The van der Waals surface area contributed by atoms with Gasteiger partial charge in [-0.3, -0.25) is 0 Å². The fraction of sp³-hybridized carbons (Fsp3) is 0.846. The second-order valence-corrected chi connectivity index (χ2v) is 5.45. The highest BCUT2D eigenvalue weighted by Gasteiger charge is 2.25. The van der Waals surface area contributed by atoms with Gasteiger partial charge in [-0.15, -0.1) is 0 Å². The number of hydrogen-bond acceptors (Lipinski definition) is 3. The second-order valence-electron chi connectivity index (χ2n) is 5.45. The third-order valence-corrected chi connectivity index (χ3v) is 3.04. The highest BCUT2D eigenvalue weighted by molar-refractivity contribution is 5.82. The van der Waals surface area contributed by atoms with Gasteiger partial charge in [-0.1, -0.05) is 13.8 Å². The van der Waals surface area contributed by atoms with Crippen LogP contribution in [0.5, 0.6) is 0 Å². The minimum Gasteiger partial charge on any atom is -0.480 e. The maximum atomic E-state index is 12.1. The van der Waals surface area contributed by atoms with Crippen molar-refractivity contribution in [1.29, 1.82) is 0 Å². The van der Waals surface area contributed by atoms with E-state index in [0.29, 0.717) is 26.1 Å². The highest BCUT2D eigenvalue weighted by atomic mass is 16.5. The molecule has 1 aliphatic heterocycles. The number of carboxylic acid groups (broad SMARTS) is 1. The Kier molecular flexibility index (Phi) is 6.08. The van der Waals surface area contributed by atoms with Gasteiger partial charge in [-0.25, -0.2) is 9.59 Å². The Morgan fingerprint density at radius 3 is 2.74 bits per heavy atom. The van der Waals surface area contributed by atoms with Gasteiger partial charge in [0, 0.05) is 19.7 Å². The van der Waals surface area contributed by atoms with E-state index in [1.165, 1.54) is 0 Å². The summed E-state index contributed by atoms with van der Waals surface area (Å²) in [6.45, 7) is 7.52. The van der Waals surface area contributed by atoms with Crippen LogP contribution in [0.3, 0.4) is 0 Å². The number of rotatable bonds is 4. The summed E-state index contributed by atoms with van der Waals surface area (Å²) in [6, 6.07) is -1.14. The smallest absolute Gasteiger partial charge is 0.326 e. The van der Waals surface area contributed by atoms with Crippen molar-refractivity contribution >= 4 is 12.0 Å². The van der Waals surface area contributed by atoms with Crippen LogP contribution in [0.15, 0.2) is 0 Å². The predicted octanol–water partition coefficient (Wildman–Crippen LogP) is 1.31. The average Bonchev–Trinajstić information content (AvgIpc) is 2.52. The first-order chi connectivity index (χ1) is 8.90. The van der Waals surface area contributed by atoms with Crippen LogP contribution in [-0.4, -0.2) is 53.8 Å². The maximum Gasteiger partial charge on any atom is 0.326 e. The van der Waals surface area contributed by atoms with E-state index in [9.17, 15) is 9.59 Å². The van der Waals surface area contributed by atoms with Gasteiger partial charge in [0.2, 0.25) is 0 Å². The lowest BCUT2D eigenvalue weighted by Gasteiger charge is -2.25. The zero-order chi connectivity index (χ0) is 14.4. The van der Waals surface area contributed by atoms with E-state index in [4.69, 9.17) is 9.84 Å². The van der Waals surface area contributed by atoms with Gasteiger partial charge in [-0.05, 0) is 25.7 Å². The molecule has 6 nitrogen and oxygen atoms in total. The SMILES string of the molecule is CC(C)C[C@@H](NC(=O)N1CCCOC(C)C1)C(=O)O. The number of amides is 2. The number of nitrogens with one attached hydrogen (secondary N) is 1. The number of carboxylic acids is 1. The molecule has 0 aromatic heterocycles. The van der Waals surface area contributed by atoms with Crippen molar-refractivity contribution in [3.63, 3.8) is 0 Å². The van der Waals surface area contributed by atoms with E-state index < -0.39 is 12.0 Å². The molecule has 0 aliphatic carbocycles. The summed E-state index contributed by atoms with van der Waals surface area (Å²) in [6.07, 6.45) is 1.20. The van der Waals surface area contributed by atoms with Gasteiger partial charge in [0.05, 0.1) is 6.10 Å². The third kappa shape index (κ3) is 5.46. The summed E-state index contributed by atoms with van der Waals surface area (Å²) in [7, 11) is 0. The molecule has 0 radical (unpaired) electrons. The van der Waals surface area contributed by atoms with Crippen LogP contribution in [0.2, 0.25) is 0 Å². The Labute approximate surface area is 114 Å². The molecule has 1 rings (SSSR count). The molecule has 2 atom stereocenters. The number of nitrogens with zero attached hydrogens (tertiary/aromatic N) is 1.